The summed E-state index contributed by atoms with van der Waals surface area (Å²) in [4.78, 5) is 11.9. The van der Waals surface area contributed by atoms with Gasteiger partial charge in [0.15, 0.2) is 0 Å². The number of carbonyl (C=O) groups excluding carboxylic acids is 1. The number of aromatic nitrogens is 2. The Labute approximate surface area is 166 Å². The minimum Gasteiger partial charge on any atom is -0.492 e. The summed E-state index contributed by atoms with van der Waals surface area (Å²) in [6.45, 7) is 2.77. The van der Waals surface area contributed by atoms with Crippen molar-refractivity contribution in [2.75, 3.05) is 18.9 Å². The van der Waals surface area contributed by atoms with Crippen molar-refractivity contribution in [1.82, 2.24) is 15.5 Å². The highest BCUT2D eigenvalue weighted by molar-refractivity contribution is 7.99. The summed E-state index contributed by atoms with van der Waals surface area (Å²) in [6, 6.07) is 14.9. The molecule has 3 aromatic rings. The Morgan fingerprint density at radius 2 is 2.04 bits per heavy atom. The van der Waals surface area contributed by atoms with Crippen molar-refractivity contribution >= 4 is 29.3 Å². The molecule has 0 unspecified atom stereocenters. The van der Waals surface area contributed by atoms with E-state index in [0.29, 0.717) is 35.0 Å². The smallest absolute Gasteiger partial charge is 0.277 e. The summed E-state index contributed by atoms with van der Waals surface area (Å²) >= 11 is 7.01. The molecule has 1 heterocycles. The molecule has 0 aliphatic heterocycles. The van der Waals surface area contributed by atoms with Crippen molar-refractivity contribution in [3.8, 4) is 17.2 Å². The van der Waals surface area contributed by atoms with Crippen molar-refractivity contribution in [2.24, 2.45) is 0 Å². The van der Waals surface area contributed by atoms with Crippen LogP contribution in [0.5, 0.6) is 5.75 Å². The van der Waals surface area contributed by atoms with Crippen LogP contribution in [0.4, 0.5) is 0 Å². The highest BCUT2D eigenvalue weighted by Crippen LogP contribution is 2.23. The van der Waals surface area contributed by atoms with Gasteiger partial charge in [0, 0.05) is 10.6 Å². The molecule has 140 valence electrons. The standard InChI is InChI=1S/C19H18ClN3O3S/c1-13-3-2-4-14(11-13)18-22-23-19(26-18)27-12-17(24)21-9-10-25-16-7-5-15(20)6-8-16/h2-8,11H,9-10,12H2,1H3,(H,21,24). The number of amides is 1. The number of benzene rings is 2. The van der Waals surface area contributed by atoms with Crippen molar-refractivity contribution in [1.29, 1.82) is 0 Å². The first kappa shape index (κ1) is 19.3. The monoisotopic (exact) mass is 403 g/mol. The van der Waals surface area contributed by atoms with Gasteiger partial charge in [0.2, 0.25) is 11.8 Å². The minimum absolute atomic E-state index is 0.130. The molecule has 0 aliphatic carbocycles. The van der Waals surface area contributed by atoms with E-state index in [4.69, 9.17) is 20.8 Å². The zero-order valence-electron chi connectivity index (χ0n) is 14.6. The second-order valence-corrected chi connectivity index (χ2v) is 7.05. The molecule has 0 saturated carbocycles. The number of rotatable bonds is 8. The lowest BCUT2D eigenvalue weighted by molar-refractivity contribution is -0.118. The molecular formula is C19H18ClN3O3S. The fraction of sp³-hybridized carbons (Fsp3) is 0.211. The van der Waals surface area contributed by atoms with Crippen LogP contribution in [0.15, 0.2) is 58.2 Å². The number of nitrogens with zero attached hydrogens (tertiary/aromatic N) is 2. The van der Waals surface area contributed by atoms with Gasteiger partial charge in [0.05, 0.1) is 12.3 Å². The zero-order valence-corrected chi connectivity index (χ0v) is 16.2. The first-order chi connectivity index (χ1) is 13.1. The Kier molecular flexibility index (Phi) is 6.73. The van der Waals surface area contributed by atoms with E-state index in [2.05, 4.69) is 15.5 Å². The third-order valence-electron chi connectivity index (χ3n) is 3.50. The van der Waals surface area contributed by atoms with Crippen LogP contribution in [0.3, 0.4) is 0 Å². The van der Waals surface area contributed by atoms with Crippen LogP contribution >= 0.6 is 23.4 Å². The number of ether oxygens (including phenoxy) is 1. The number of hydrogen-bond acceptors (Lipinski definition) is 6. The van der Waals surface area contributed by atoms with E-state index in [9.17, 15) is 4.79 Å². The summed E-state index contributed by atoms with van der Waals surface area (Å²) < 4.78 is 11.1. The molecule has 8 heteroatoms. The van der Waals surface area contributed by atoms with Gasteiger partial charge in [-0.3, -0.25) is 4.79 Å². The molecule has 1 aromatic heterocycles. The average molecular weight is 404 g/mol. The summed E-state index contributed by atoms with van der Waals surface area (Å²) in [5, 5.41) is 11.8. The highest BCUT2D eigenvalue weighted by atomic mass is 35.5. The van der Waals surface area contributed by atoms with E-state index in [1.807, 2.05) is 31.2 Å². The number of thioether (sulfide) groups is 1. The van der Waals surface area contributed by atoms with Gasteiger partial charge in [-0.05, 0) is 43.3 Å². The second-order valence-electron chi connectivity index (χ2n) is 5.68. The Balaban J connectivity index is 1.38. The van der Waals surface area contributed by atoms with Gasteiger partial charge in [0.25, 0.3) is 5.22 Å². The number of halogens is 1. The number of nitrogens with one attached hydrogen (secondary N) is 1. The minimum atomic E-state index is -0.130. The molecule has 0 atom stereocenters. The molecule has 6 nitrogen and oxygen atoms in total. The maximum absolute atomic E-state index is 11.9. The molecule has 0 spiro atoms. The molecule has 0 saturated heterocycles. The normalized spacial score (nSPS) is 10.6. The van der Waals surface area contributed by atoms with Crippen molar-refractivity contribution < 1.29 is 13.9 Å². The summed E-state index contributed by atoms with van der Waals surface area (Å²) in [7, 11) is 0. The van der Waals surface area contributed by atoms with Crippen LogP contribution in [0.25, 0.3) is 11.5 Å². The van der Waals surface area contributed by atoms with Crippen molar-refractivity contribution in [3.05, 3.63) is 59.1 Å². The Morgan fingerprint density at radius 3 is 2.81 bits per heavy atom. The highest BCUT2D eigenvalue weighted by Gasteiger charge is 2.11. The molecule has 0 fully saturated rings. The van der Waals surface area contributed by atoms with Gasteiger partial charge in [-0.15, -0.1) is 10.2 Å². The van der Waals surface area contributed by atoms with E-state index < -0.39 is 0 Å². The molecule has 1 N–H and O–H groups in total. The van der Waals surface area contributed by atoms with Gasteiger partial charge in [0.1, 0.15) is 12.4 Å². The van der Waals surface area contributed by atoms with Crippen molar-refractivity contribution in [2.45, 2.75) is 12.1 Å². The lowest BCUT2D eigenvalue weighted by atomic mass is 10.1. The van der Waals surface area contributed by atoms with E-state index in [-0.39, 0.29) is 11.7 Å². The van der Waals surface area contributed by atoms with E-state index >= 15 is 0 Å². The van der Waals surface area contributed by atoms with Gasteiger partial charge in [-0.2, -0.15) is 0 Å². The predicted molar refractivity (Wildman–Crippen MR) is 105 cm³/mol. The molecular weight excluding hydrogens is 386 g/mol. The van der Waals surface area contributed by atoms with Crippen LogP contribution in [-0.2, 0) is 4.79 Å². The number of carbonyl (C=O) groups is 1. The molecule has 2 aromatic carbocycles. The van der Waals surface area contributed by atoms with Crippen LogP contribution in [-0.4, -0.2) is 35.0 Å². The molecule has 0 bridgehead atoms. The third-order valence-corrected chi connectivity index (χ3v) is 4.58. The lowest BCUT2D eigenvalue weighted by Gasteiger charge is -2.07. The number of hydrogen-bond donors (Lipinski definition) is 1. The van der Waals surface area contributed by atoms with Crippen LogP contribution < -0.4 is 10.1 Å². The van der Waals surface area contributed by atoms with E-state index in [0.717, 1.165) is 11.1 Å². The van der Waals surface area contributed by atoms with E-state index in [1.165, 1.54) is 11.8 Å². The second kappa shape index (κ2) is 9.43. The summed E-state index contributed by atoms with van der Waals surface area (Å²) in [5.41, 5.74) is 1.97. The Bertz CT molecular complexity index is 899. The third kappa shape index (κ3) is 6.01. The maximum Gasteiger partial charge on any atom is 0.277 e. The summed E-state index contributed by atoms with van der Waals surface area (Å²) in [6.07, 6.45) is 0. The fourth-order valence-corrected chi connectivity index (χ4v) is 2.95. The largest absolute Gasteiger partial charge is 0.492 e. The fourth-order valence-electron chi connectivity index (χ4n) is 2.23. The average Bonchev–Trinajstić information content (AvgIpc) is 3.14. The Morgan fingerprint density at radius 1 is 1.22 bits per heavy atom. The molecule has 1 amide bonds. The molecule has 3 rings (SSSR count). The first-order valence-electron chi connectivity index (χ1n) is 8.28. The van der Waals surface area contributed by atoms with Gasteiger partial charge in [-0.25, -0.2) is 0 Å². The molecule has 0 radical (unpaired) electrons. The van der Waals surface area contributed by atoms with Crippen LogP contribution in [0.2, 0.25) is 5.02 Å². The van der Waals surface area contributed by atoms with Crippen LogP contribution in [0.1, 0.15) is 5.56 Å². The van der Waals surface area contributed by atoms with Crippen LogP contribution in [0, 0.1) is 6.92 Å². The van der Waals surface area contributed by atoms with E-state index in [1.54, 1.807) is 24.3 Å². The SMILES string of the molecule is Cc1cccc(-c2nnc(SCC(=O)NCCOc3ccc(Cl)cc3)o2)c1. The van der Waals surface area contributed by atoms with Gasteiger partial charge < -0.3 is 14.5 Å². The topological polar surface area (TPSA) is 77.2 Å². The lowest BCUT2D eigenvalue weighted by Crippen LogP contribution is -2.29. The van der Waals surface area contributed by atoms with Crippen molar-refractivity contribution in [3.63, 3.8) is 0 Å². The Hall–Kier alpha value is -2.51. The van der Waals surface area contributed by atoms with Gasteiger partial charge >= 0.3 is 0 Å². The zero-order chi connectivity index (χ0) is 19.1. The number of aryl methyl sites for hydroxylation is 1. The molecule has 0 aliphatic rings. The quantitative estimate of drug-likeness (QED) is 0.452. The molecule has 27 heavy (non-hydrogen) atoms. The summed E-state index contributed by atoms with van der Waals surface area (Å²) in [5.74, 6) is 1.21. The maximum atomic E-state index is 11.9. The van der Waals surface area contributed by atoms with Gasteiger partial charge in [-0.1, -0.05) is 41.1 Å². The first-order valence-corrected chi connectivity index (χ1v) is 9.65. The predicted octanol–water partition coefficient (Wildman–Crippen LogP) is 3.99.